The van der Waals surface area contributed by atoms with E-state index in [1.165, 1.54) is 0 Å². The van der Waals surface area contributed by atoms with Crippen molar-refractivity contribution in [3.05, 3.63) is 54.4 Å². The van der Waals surface area contributed by atoms with Crippen molar-refractivity contribution in [1.29, 1.82) is 0 Å². The number of halogens is 1. The summed E-state index contributed by atoms with van der Waals surface area (Å²) in [6, 6.07) is 11.5. The lowest BCUT2D eigenvalue weighted by atomic mass is 10.2. The van der Waals surface area contributed by atoms with Crippen LogP contribution in [0.5, 0.6) is 5.75 Å². The molecule has 0 fully saturated rings. The molecular weight excluding hydrogens is 238 g/mol. The number of hydrogen-bond acceptors (Lipinski definition) is 2. The Kier molecular flexibility index (Phi) is 4.94. The molecule has 0 aliphatic heterocycles. The zero-order valence-corrected chi connectivity index (χ0v) is 10.3. The minimum atomic E-state index is 0. The van der Waals surface area contributed by atoms with Gasteiger partial charge in [-0.25, -0.2) is 0 Å². The third kappa shape index (κ3) is 2.96. The summed E-state index contributed by atoms with van der Waals surface area (Å²) in [7, 11) is 1.64. The fourth-order valence-electron chi connectivity index (χ4n) is 1.62. The van der Waals surface area contributed by atoms with E-state index < -0.39 is 0 Å². The van der Waals surface area contributed by atoms with Crippen LogP contribution in [-0.4, -0.2) is 12.2 Å². The predicted molar refractivity (Wildman–Crippen MR) is 60.4 cm³/mol. The van der Waals surface area contributed by atoms with Crippen molar-refractivity contribution >= 4 is 0 Å². The number of hydrogen-bond donors (Lipinski definition) is 1. The maximum absolute atomic E-state index is 9.26. The van der Waals surface area contributed by atoms with Gasteiger partial charge in [0.15, 0.2) is 11.9 Å². The van der Waals surface area contributed by atoms with Crippen molar-refractivity contribution in [3.8, 4) is 11.4 Å². The fraction of sp³-hybridized carbons (Fsp3) is 0.154. The van der Waals surface area contributed by atoms with E-state index in [0.29, 0.717) is 0 Å². The summed E-state index contributed by atoms with van der Waals surface area (Å²) in [5.41, 5.74) is 1.85. The summed E-state index contributed by atoms with van der Waals surface area (Å²) in [5, 5.41) is 9.26. The first-order valence-corrected chi connectivity index (χ1v) is 5.09. The minimum absolute atomic E-state index is 0. The van der Waals surface area contributed by atoms with Gasteiger partial charge in [0, 0.05) is 17.7 Å². The van der Waals surface area contributed by atoms with Crippen molar-refractivity contribution in [1.82, 2.24) is 0 Å². The lowest BCUT2D eigenvalue weighted by molar-refractivity contribution is -0.596. The number of pyridine rings is 1. The molecule has 0 radical (unpaired) electrons. The second kappa shape index (κ2) is 6.23. The SMILES string of the molecule is COc1ccc[n+](-c2ccccc2CO)c1.[Cl-]. The van der Waals surface area contributed by atoms with E-state index in [0.717, 1.165) is 17.0 Å². The average Bonchev–Trinajstić information content (AvgIpc) is 2.38. The van der Waals surface area contributed by atoms with Crippen LogP contribution in [0.15, 0.2) is 48.8 Å². The molecule has 0 amide bonds. The van der Waals surface area contributed by atoms with Crippen LogP contribution in [0.2, 0.25) is 0 Å². The quantitative estimate of drug-likeness (QED) is 0.672. The molecule has 2 aromatic rings. The molecule has 0 spiro atoms. The highest BCUT2D eigenvalue weighted by Gasteiger charge is 2.11. The molecule has 0 unspecified atom stereocenters. The molecule has 0 atom stereocenters. The summed E-state index contributed by atoms with van der Waals surface area (Å²) >= 11 is 0. The second-order valence-electron chi connectivity index (χ2n) is 3.44. The summed E-state index contributed by atoms with van der Waals surface area (Å²) in [6.07, 6.45) is 3.81. The number of methoxy groups -OCH3 is 1. The number of ether oxygens (including phenoxy) is 1. The van der Waals surface area contributed by atoms with Gasteiger partial charge < -0.3 is 22.3 Å². The first-order valence-electron chi connectivity index (χ1n) is 5.09. The van der Waals surface area contributed by atoms with Gasteiger partial charge in [-0.1, -0.05) is 18.2 Å². The minimum Gasteiger partial charge on any atom is -1.00 e. The Morgan fingerprint density at radius 1 is 1.18 bits per heavy atom. The van der Waals surface area contributed by atoms with Gasteiger partial charge in [-0.15, -0.1) is 0 Å². The number of aliphatic hydroxyl groups is 1. The number of nitrogens with zero attached hydrogens (tertiary/aromatic N) is 1. The van der Waals surface area contributed by atoms with Crippen LogP contribution in [0.25, 0.3) is 5.69 Å². The molecular formula is C13H14ClNO2. The van der Waals surface area contributed by atoms with Gasteiger partial charge in [0.2, 0.25) is 11.9 Å². The van der Waals surface area contributed by atoms with Crippen LogP contribution in [0.3, 0.4) is 0 Å². The molecule has 2 rings (SSSR count). The van der Waals surface area contributed by atoms with Crippen LogP contribution in [0.1, 0.15) is 5.56 Å². The number of para-hydroxylation sites is 1. The summed E-state index contributed by atoms with van der Waals surface area (Å²) in [5.74, 6) is 0.787. The molecule has 4 heteroatoms. The van der Waals surface area contributed by atoms with E-state index in [2.05, 4.69) is 0 Å². The summed E-state index contributed by atoms with van der Waals surface area (Å²) < 4.78 is 7.10. The van der Waals surface area contributed by atoms with Crippen molar-refractivity contribution < 1.29 is 26.8 Å². The van der Waals surface area contributed by atoms with Gasteiger partial charge in [0.1, 0.15) is 0 Å². The topological polar surface area (TPSA) is 33.3 Å². The highest BCUT2D eigenvalue weighted by Crippen LogP contribution is 2.10. The maximum Gasteiger partial charge on any atom is 0.217 e. The molecule has 0 saturated heterocycles. The van der Waals surface area contributed by atoms with Crippen molar-refractivity contribution in [3.63, 3.8) is 0 Å². The Bertz CT molecular complexity index is 488. The zero-order valence-electron chi connectivity index (χ0n) is 9.51. The standard InChI is InChI=1S/C13H14NO2.ClH/c1-16-12-6-4-8-14(9-12)13-7-3-2-5-11(13)10-15;/h2-9,15H,10H2,1H3;1H/q+1;/p-1. The Morgan fingerprint density at radius 3 is 2.65 bits per heavy atom. The molecule has 1 N–H and O–H groups in total. The van der Waals surface area contributed by atoms with E-state index in [4.69, 9.17) is 4.74 Å². The van der Waals surface area contributed by atoms with E-state index >= 15 is 0 Å². The van der Waals surface area contributed by atoms with Crippen molar-refractivity contribution in [2.45, 2.75) is 6.61 Å². The molecule has 0 aliphatic rings. The van der Waals surface area contributed by atoms with E-state index in [-0.39, 0.29) is 19.0 Å². The summed E-state index contributed by atoms with van der Waals surface area (Å²) in [6.45, 7) is 0.0282. The Labute approximate surface area is 107 Å². The zero-order chi connectivity index (χ0) is 11.4. The third-order valence-corrected chi connectivity index (χ3v) is 2.45. The first-order chi connectivity index (χ1) is 7.85. The molecule has 0 aliphatic carbocycles. The lowest BCUT2D eigenvalue weighted by Gasteiger charge is -2.02. The molecule has 0 bridgehead atoms. The monoisotopic (exact) mass is 251 g/mol. The molecule has 1 heterocycles. The predicted octanol–water partition coefficient (Wildman–Crippen LogP) is -1.53. The van der Waals surface area contributed by atoms with E-state index in [1.807, 2.05) is 53.4 Å². The van der Waals surface area contributed by atoms with Crippen molar-refractivity contribution in [2.75, 3.05) is 7.11 Å². The van der Waals surface area contributed by atoms with Crippen LogP contribution in [0.4, 0.5) is 0 Å². The third-order valence-electron chi connectivity index (χ3n) is 2.45. The molecule has 90 valence electrons. The smallest absolute Gasteiger partial charge is 0.217 e. The number of benzene rings is 1. The summed E-state index contributed by atoms with van der Waals surface area (Å²) in [4.78, 5) is 0. The lowest BCUT2D eigenvalue weighted by Crippen LogP contribution is -3.00. The van der Waals surface area contributed by atoms with Crippen LogP contribution in [0, 0.1) is 0 Å². The second-order valence-corrected chi connectivity index (χ2v) is 3.44. The number of aromatic nitrogens is 1. The van der Waals surface area contributed by atoms with Gasteiger partial charge in [-0.05, 0) is 6.07 Å². The van der Waals surface area contributed by atoms with E-state index in [1.54, 1.807) is 7.11 Å². The fourth-order valence-corrected chi connectivity index (χ4v) is 1.62. The molecule has 1 aromatic carbocycles. The molecule has 1 aromatic heterocycles. The normalized spacial score (nSPS) is 9.53. The van der Waals surface area contributed by atoms with Crippen molar-refractivity contribution in [2.24, 2.45) is 0 Å². The van der Waals surface area contributed by atoms with Gasteiger partial charge in [-0.2, -0.15) is 4.57 Å². The van der Waals surface area contributed by atoms with Gasteiger partial charge in [-0.3, -0.25) is 0 Å². The van der Waals surface area contributed by atoms with Gasteiger partial charge >= 0.3 is 0 Å². The van der Waals surface area contributed by atoms with E-state index in [9.17, 15) is 5.11 Å². The Hall–Kier alpha value is -1.58. The average molecular weight is 252 g/mol. The molecule has 0 saturated carbocycles. The molecule has 3 nitrogen and oxygen atoms in total. The van der Waals surface area contributed by atoms with Crippen LogP contribution < -0.4 is 21.7 Å². The van der Waals surface area contributed by atoms with Crippen LogP contribution in [-0.2, 0) is 6.61 Å². The Balaban J connectivity index is 0.00000144. The highest BCUT2D eigenvalue weighted by molar-refractivity contribution is 5.33. The van der Waals surface area contributed by atoms with Crippen LogP contribution >= 0.6 is 0 Å². The Morgan fingerprint density at radius 2 is 1.94 bits per heavy atom. The first kappa shape index (κ1) is 13.5. The number of rotatable bonds is 3. The largest absolute Gasteiger partial charge is 1.00 e. The highest BCUT2D eigenvalue weighted by atomic mass is 35.5. The molecule has 17 heavy (non-hydrogen) atoms. The maximum atomic E-state index is 9.26. The van der Waals surface area contributed by atoms with Gasteiger partial charge in [0.25, 0.3) is 0 Å². The number of aliphatic hydroxyl groups excluding tert-OH is 1. The van der Waals surface area contributed by atoms with Gasteiger partial charge in [0.05, 0.1) is 13.7 Å².